The lowest BCUT2D eigenvalue weighted by atomic mass is 9.97. The van der Waals surface area contributed by atoms with E-state index in [-0.39, 0.29) is 0 Å². The van der Waals surface area contributed by atoms with Gasteiger partial charge in [-0.25, -0.2) is 0 Å². The summed E-state index contributed by atoms with van der Waals surface area (Å²) in [6.45, 7) is 3.27. The van der Waals surface area contributed by atoms with Gasteiger partial charge in [0.25, 0.3) is 0 Å². The minimum Gasteiger partial charge on any atom is -0.359 e. The highest BCUT2D eigenvalue weighted by Crippen LogP contribution is 2.26. The van der Waals surface area contributed by atoms with Crippen LogP contribution in [0.4, 0.5) is 0 Å². The molecule has 0 radical (unpaired) electrons. The molecule has 1 aromatic heterocycles. The first-order valence-corrected chi connectivity index (χ1v) is 6.15. The van der Waals surface area contributed by atoms with Crippen LogP contribution in [0.15, 0.2) is 24.3 Å². The summed E-state index contributed by atoms with van der Waals surface area (Å²) in [6, 6.07) is 9.56. The van der Waals surface area contributed by atoms with Crippen LogP contribution in [0.3, 0.4) is 0 Å². The van der Waals surface area contributed by atoms with Crippen LogP contribution < -0.4 is 5.32 Å². The van der Waals surface area contributed by atoms with Crippen molar-refractivity contribution >= 4 is 10.9 Å². The summed E-state index contributed by atoms with van der Waals surface area (Å²) in [4.78, 5) is 3.37. The van der Waals surface area contributed by atoms with Crippen molar-refractivity contribution in [2.24, 2.45) is 0 Å². The molecule has 1 atom stereocenters. The Hall–Kier alpha value is -1.28. The number of aromatic nitrogens is 1. The van der Waals surface area contributed by atoms with Crippen molar-refractivity contribution in [3.63, 3.8) is 0 Å². The molecule has 2 N–H and O–H groups in total. The van der Waals surface area contributed by atoms with Gasteiger partial charge < -0.3 is 10.3 Å². The first kappa shape index (κ1) is 9.91. The first-order valence-electron chi connectivity index (χ1n) is 6.15. The van der Waals surface area contributed by atoms with E-state index in [0.29, 0.717) is 6.04 Å². The maximum absolute atomic E-state index is 3.60. The number of aromatic amines is 1. The number of H-pyrrole nitrogens is 1. The van der Waals surface area contributed by atoms with Gasteiger partial charge in [0.15, 0.2) is 0 Å². The Balaban J connectivity index is 1.97. The Bertz CT molecular complexity index is 492. The molecule has 3 rings (SSSR count). The molecule has 1 saturated heterocycles. The number of benzene rings is 1. The summed E-state index contributed by atoms with van der Waals surface area (Å²) in [5, 5.41) is 4.93. The van der Waals surface area contributed by atoms with Gasteiger partial charge in [-0.05, 0) is 55.5 Å². The number of hydrogen-bond acceptors (Lipinski definition) is 1. The van der Waals surface area contributed by atoms with Gasteiger partial charge in [-0.2, -0.15) is 0 Å². The molecule has 84 valence electrons. The molecule has 1 fully saturated rings. The zero-order valence-corrected chi connectivity index (χ0v) is 9.72. The van der Waals surface area contributed by atoms with Crippen LogP contribution in [-0.4, -0.2) is 11.5 Å². The molecule has 2 nitrogen and oxygen atoms in total. The molecule has 0 saturated carbocycles. The van der Waals surface area contributed by atoms with Crippen molar-refractivity contribution in [2.75, 3.05) is 6.54 Å². The van der Waals surface area contributed by atoms with Gasteiger partial charge in [0.2, 0.25) is 0 Å². The van der Waals surface area contributed by atoms with E-state index in [1.54, 1.807) is 0 Å². The quantitative estimate of drug-likeness (QED) is 0.749. The van der Waals surface area contributed by atoms with Gasteiger partial charge in [0, 0.05) is 17.3 Å². The maximum atomic E-state index is 3.60. The standard InChI is InChI=1S/C14H18N2/c1-10-8-12-9-11(5-6-14(12)16-10)13-4-2-3-7-15-13/h5-6,8-9,13,15-16H,2-4,7H2,1H3. The molecule has 1 aliphatic rings. The molecule has 0 spiro atoms. The zero-order valence-electron chi connectivity index (χ0n) is 9.72. The molecular weight excluding hydrogens is 196 g/mol. The van der Waals surface area contributed by atoms with Gasteiger partial charge in [0.1, 0.15) is 0 Å². The maximum Gasteiger partial charge on any atom is 0.0456 e. The van der Waals surface area contributed by atoms with E-state index in [0.717, 1.165) is 6.54 Å². The lowest BCUT2D eigenvalue weighted by molar-refractivity contribution is 0.412. The Morgan fingerprint density at radius 1 is 1.19 bits per heavy atom. The Kier molecular flexibility index (Phi) is 2.44. The fourth-order valence-corrected chi connectivity index (χ4v) is 2.65. The molecule has 0 bridgehead atoms. The Labute approximate surface area is 96.1 Å². The minimum atomic E-state index is 0.563. The highest BCUT2D eigenvalue weighted by Gasteiger charge is 2.14. The topological polar surface area (TPSA) is 27.8 Å². The summed E-state index contributed by atoms with van der Waals surface area (Å²) in [5.74, 6) is 0. The third kappa shape index (κ3) is 1.74. The van der Waals surface area contributed by atoms with Gasteiger partial charge >= 0.3 is 0 Å². The molecular formula is C14H18N2. The van der Waals surface area contributed by atoms with Gasteiger partial charge in [-0.3, -0.25) is 0 Å². The molecule has 2 heteroatoms. The molecule has 0 amide bonds. The van der Waals surface area contributed by atoms with E-state index in [1.165, 1.54) is 41.4 Å². The largest absolute Gasteiger partial charge is 0.359 e. The number of nitrogens with one attached hydrogen (secondary N) is 2. The SMILES string of the molecule is Cc1cc2cc(C3CCCCN3)ccc2[nH]1. The normalized spacial score (nSPS) is 21.4. The highest BCUT2D eigenvalue weighted by molar-refractivity contribution is 5.81. The van der Waals surface area contributed by atoms with Crippen LogP contribution in [0.1, 0.15) is 36.6 Å². The average Bonchev–Trinajstić information content (AvgIpc) is 2.69. The predicted octanol–water partition coefficient (Wildman–Crippen LogP) is 3.29. The van der Waals surface area contributed by atoms with Gasteiger partial charge in [-0.15, -0.1) is 0 Å². The number of rotatable bonds is 1. The minimum absolute atomic E-state index is 0.563. The smallest absolute Gasteiger partial charge is 0.0456 e. The summed E-state index contributed by atoms with van der Waals surface area (Å²) < 4.78 is 0. The Morgan fingerprint density at radius 3 is 2.94 bits per heavy atom. The van der Waals surface area contributed by atoms with Crippen molar-refractivity contribution < 1.29 is 0 Å². The van der Waals surface area contributed by atoms with Crippen molar-refractivity contribution in [1.29, 1.82) is 0 Å². The molecule has 1 unspecified atom stereocenters. The molecule has 1 aromatic carbocycles. The van der Waals surface area contributed by atoms with E-state index < -0.39 is 0 Å². The molecule has 0 aliphatic carbocycles. The second-order valence-corrected chi connectivity index (χ2v) is 4.80. The lowest BCUT2D eigenvalue weighted by Crippen LogP contribution is -2.26. The summed E-state index contributed by atoms with van der Waals surface area (Å²) in [5.41, 5.74) is 3.92. The number of fused-ring (bicyclic) bond motifs is 1. The molecule has 2 aromatic rings. The van der Waals surface area contributed by atoms with Crippen molar-refractivity contribution in [3.05, 3.63) is 35.5 Å². The van der Waals surface area contributed by atoms with Crippen molar-refractivity contribution in [1.82, 2.24) is 10.3 Å². The van der Waals surface area contributed by atoms with E-state index in [9.17, 15) is 0 Å². The average molecular weight is 214 g/mol. The molecule has 1 aliphatic heterocycles. The highest BCUT2D eigenvalue weighted by atomic mass is 14.9. The summed E-state index contributed by atoms with van der Waals surface area (Å²) in [7, 11) is 0. The Morgan fingerprint density at radius 2 is 2.12 bits per heavy atom. The third-order valence-corrected chi connectivity index (χ3v) is 3.49. The number of hydrogen-bond donors (Lipinski definition) is 2. The lowest BCUT2D eigenvalue weighted by Gasteiger charge is -2.23. The summed E-state index contributed by atoms with van der Waals surface area (Å²) in [6.07, 6.45) is 3.94. The number of piperidine rings is 1. The van der Waals surface area contributed by atoms with Crippen molar-refractivity contribution in [3.8, 4) is 0 Å². The second-order valence-electron chi connectivity index (χ2n) is 4.80. The van der Waals surface area contributed by atoms with Crippen LogP contribution in [0.2, 0.25) is 0 Å². The molecule has 2 heterocycles. The van der Waals surface area contributed by atoms with E-state index in [4.69, 9.17) is 0 Å². The van der Waals surface area contributed by atoms with E-state index in [2.05, 4.69) is 41.5 Å². The van der Waals surface area contributed by atoms with Gasteiger partial charge in [-0.1, -0.05) is 12.5 Å². The third-order valence-electron chi connectivity index (χ3n) is 3.49. The van der Waals surface area contributed by atoms with Crippen LogP contribution in [0.5, 0.6) is 0 Å². The van der Waals surface area contributed by atoms with E-state index in [1.807, 2.05) is 0 Å². The zero-order chi connectivity index (χ0) is 11.0. The summed E-state index contributed by atoms with van der Waals surface area (Å²) >= 11 is 0. The van der Waals surface area contributed by atoms with Gasteiger partial charge in [0.05, 0.1) is 0 Å². The van der Waals surface area contributed by atoms with Crippen LogP contribution in [0, 0.1) is 6.92 Å². The monoisotopic (exact) mass is 214 g/mol. The van der Waals surface area contributed by atoms with Crippen LogP contribution in [0.25, 0.3) is 10.9 Å². The van der Waals surface area contributed by atoms with Crippen LogP contribution >= 0.6 is 0 Å². The second kappa shape index (κ2) is 3.95. The first-order chi connectivity index (χ1) is 7.83. The fraction of sp³-hybridized carbons (Fsp3) is 0.429. The fourth-order valence-electron chi connectivity index (χ4n) is 2.65. The predicted molar refractivity (Wildman–Crippen MR) is 67.6 cm³/mol. The molecule has 16 heavy (non-hydrogen) atoms. The van der Waals surface area contributed by atoms with Crippen LogP contribution in [-0.2, 0) is 0 Å². The van der Waals surface area contributed by atoms with E-state index >= 15 is 0 Å². The van der Waals surface area contributed by atoms with Crippen molar-refractivity contribution in [2.45, 2.75) is 32.2 Å². The number of aryl methyl sites for hydroxylation is 1.